The first kappa shape index (κ1) is 14.6. The lowest BCUT2D eigenvalue weighted by Crippen LogP contribution is -2.06. The van der Waals surface area contributed by atoms with Gasteiger partial charge in [-0.3, -0.25) is 0 Å². The fourth-order valence-electron chi connectivity index (χ4n) is 1.93. The van der Waals surface area contributed by atoms with Crippen molar-refractivity contribution in [1.82, 2.24) is 19.9 Å². The lowest BCUT2D eigenvalue weighted by Gasteiger charge is -2.09. The van der Waals surface area contributed by atoms with E-state index < -0.39 is 11.7 Å². The van der Waals surface area contributed by atoms with Gasteiger partial charge in [0.1, 0.15) is 5.52 Å². The zero-order valence-electron chi connectivity index (χ0n) is 10.9. The minimum Gasteiger partial charge on any atom is -0.364 e. The Hall–Kier alpha value is -2.35. The number of hydrogen-bond donors (Lipinski definition) is 2. The number of alkyl halides is 3. The molecular weight excluding hydrogens is 319 g/mol. The highest BCUT2D eigenvalue weighted by Crippen LogP contribution is 2.29. The third-order valence-corrected chi connectivity index (χ3v) is 3.17. The van der Waals surface area contributed by atoms with Gasteiger partial charge in [-0.2, -0.15) is 23.1 Å². The van der Waals surface area contributed by atoms with Crippen LogP contribution in [0.3, 0.4) is 0 Å². The van der Waals surface area contributed by atoms with Gasteiger partial charge >= 0.3 is 6.18 Å². The molecule has 3 rings (SSSR count). The summed E-state index contributed by atoms with van der Waals surface area (Å²) in [5.41, 5.74) is 0.985. The highest BCUT2D eigenvalue weighted by molar-refractivity contribution is 6.28. The standard InChI is InChI=1S/C13H9ClF3N5/c14-12-21-10(9-11(22-12)20-6-19-9)18-5-7-1-3-8(4-2-7)13(15,16)17/h1-4,6H,5H2,(H2,18,19,20,21,22). The van der Waals surface area contributed by atoms with Crippen molar-refractivity contribution in [2.45, 2.75) is 12.7 Å². The molecule has 0 aliphatic heterocycles. The van der Waals surface area contributed by atoms with Crippen LogP contribution in [-0.4, -0.2) is 19.9 Å². The number of aromatic amines is 1. The first-order valence-corrected chi connectivity index (χ1v) is 6.58. The molecule has 0 saturated heterocycles. The molecule has 9 heteroatoms. The van der Waals surface area contributed by atoms with E-state index in [9.17, 15) is 13.2 Å². The van der Waals surface area contributed by atoms with Gasteiger partial charge < -0.3 is 10.3 Å². The van der Waals surface area contributed by atoms with Crippen LogP contribution in [0.5, 0.6) is 0 Å². The Labute approximate surface area is 127 Å². The van der Waals surface area contributed by atoms with Gasteiger partial charge in [0.15, 0.2) is 11.5 Å². The maximum Gasteiger partial charge on any atom is 0.416 e. The second kappa shape index (κ2) is 5.45. The van der Waals surface area contributed by atoms with Crippen molar-refractivity contribution in [1.29, 1.82) is 0 Å². The maximum atomic E-state index is 12.5. The Morgan fingerprint density at radius 3 is 2.55 bits per heavy atom. The summed E-state index contributed by atoms with van der Waals surface area (Å²) in [6, 6.07) is 4.89. The highest BCUT2D eigenvalue weighted by atomic mass is 35.5. The molecule has 0 saturated carbocycles. The van der Waals surface area contributed by atoms with Crippen molar-refractivity contribution in [3.8, 4) is 0 Å². The number of fused-ring (bicyclic) bond motifs is 1. The number of aromatic nitrogens is 4. The first-order valence-electron chi connectivity index (χ1n) is 6.20. The van der Waals surface area contributed by atoms with E-state index in [1.807, 2.05) is 0 Å². The van der Waals surface area contributed by atoms with Gasteiger partial charge in [0.25, 0.3) is 0 Å². The number of benzene rings is 1. The van der Waals surface area contributed by atoms with Crippen LogP contribution < -0.4 is 5.32 Å². The van der Waals surface area contributed by atoms with Crippen molar-refractivity contribution >= 4 is 28.6 Å². The SMILES string of the molecule is FC(F)(F)c1ccc(CNc2nc(Cl)nc3nc[nH]c23)cc1. The van der Waals surface area contributed by atoms with E-state index in [0.29, 0.717) is 29.1 Å². The van der Waals surface area contributed by atoms with Crippen LogP contribution in [0.25, 0.3) is 11.2 Å². The predicted octanol–water partition coefficient (Wildman–Crippen LogP) is 3.64. The zero-order valence-corrected chi connectivity index (χ0v) is 11.7. The Morgan fingerprint density at radius 2 is 1.86 bits per heavy atom. The summed E-state index contributed by atoms with van der Waals surface area (Å²) in [5, 5.41) is 3.04. The third-order valence-electron chi connectivity index (χ3n) is 3.00. The summed E-state index contributed by atoms with van der Waals surface area (Å²) >= 11 is 5.79. The average molecular weight is 328 g/mol. The number of hydrogen-bond acceptors (Lipinski definition) is 4. The molecule has 0 bridgehead atoms. The van der Waals surface area contributed by atoms with Crippen LogP contribution in [0.2, 0.25) is 5.28 Å². The number of imidazole rings is 1. The number of halogens is 4. The Kier molecular flexibility index (Phi) is 3.61. The monoisotopic (exact) mass is 327 g/mol. The molecule has 2 heterocycles. The Morgan fingerprint density at radius 1 is 1.14 bits per heavy atom. The van der Waals surface area contributed by atoms with Crippen LogP contribution in [-0.2, 0) is 12.7 Å². The summed E-state index contributed by atoms with van der Waals surface area (Å²) in [6.07, 6.45) is -2.88. The molecule has 0 fully saturated rings. The third kappa shape index (κ3) is 2.96. The van der Waals surface area contributed by atoms with Crippen LogP contribution >= 0.6 is 11.6 Å². The van der Waals surface area contributed by atoms with Crippen LogP contribution in [0.1, 0.15) is 11.1 Å². The van der Waals surface area contributed by atoms with E-state index in [1.165, 1.54) is 18.5 Å². The summed E-state index contributed by atoms with van der Waals surface area (Å²) in [4.78, 5) is 14.8. The van der Waals surface area contributed by atoms with Gasteiger partial charge in [-0.1, -0.05) is 12.1 Å². The van der Waals surface area contributed by atoms with E-state index in [1.54, 1.807) is 0 Å². The molecule has 114 valence electrons. The Balaban J connectivity index is 1.78. The molecule has 5 nitrogen and oxygen atoms in total. The van der Waals surface area contributed by atoms with Crippen molar-refractivity contribution in [2.24, 2.45) is 0 Å². The average Bonchev–Trinajstić information content (AvgIpc) is 2.92. The van der Waals surface area contributed by atoms with Gasteiger partial charge in [0.05, 0.1) is 11.9 Å². The zero-order chi connectivity index (χ0) is 15.7. The van der Waals surface area contributed by atoms with Crippen LogP contribution in [0, 0.1) is 0 Å². The van der Waals surface area contributed by atoms with Crippen molar-refractivity contribution < 1.29 is 13.2 Å². The maximum absolute atomic E-state index is 12.5. The van der Waals surface area contributed by atoms with E-state index in [0.717, 1.165) is 12.1 Å². The number of anilines is 1. The molecule has 0 radical (unpaired) electrons. The molecule has 2 aromatic heterocycles. The van der Waals surface area contributed by atoms with Crippen molar-refractivity contribution in [3.05, 3.63) is 47.0 Å². The Bertz CT molecular complexity index is 798. The van der Waals surface area contributed by atoms with E-state index in [2.05, 4.69) is 25.3 Å². The second-order valence-electron chi connectivity index (χ2n) is 4.49. The topological polar surface area (TPSA) is 66.5 Å². The summed E-state index contributed by atoms with van der Waals surface area (Å²) < 4.78 is 37.5. The number of nitrogens with one attached hydrogen (secondary N) is 2. The molecule has 3 aromatic rings. The van der Waals surface area contributed by atoms with Gasteiger partial charge in [-0.25, -0.2) is 4.98 Å². The first-order chi connectivity index (χ1) is 10.4. The molecule has 0 unspecified atom stereocenters. The van der Waals surface area contributed by atoms with Crippen LogP contribution in [0.4, 0.5) is 19.0 Å². The van der Waals surface area contributed by atoms with E-state index in [-0.39, 0.29) is 5.28 Å². The lowest BCUT2D eigenvalue weighted by atomic mass is 10.1. The summed E-state index contributed by atoms with van der Waals surface area (Å²) in [6.45, 7) is 0.291. The second-order valence-corrected chi connectivity index (χ2v) is 4.83. The predicted molar refractivity (Wildman–Crippen MR) is 75.5 cm³/mol. The van der Waals surface area contributed by atoms with Crippen molar-refractivity contribution in [3.63, 3.8) is 0 Å². The molecule has 0 spiro atoms. The number of nitrogens with zero attached hydrogens (tertiary/aromatic N) is 3. The van der Waals surface area contributed by atoms with E-state index >= 15 is 0 Å². The fourth-order valence-corrected chi connectivity index (χ4v) is 2.10. The van der Waals surface area contributed by atoms with Gasteiger partial charge in [0, 0.05) is 6.54 Å². The number of H-pyrrole nitrogens is 1. The normalized spacial score (nSPS) is 11.8. The molecule has 0 amide bonds. The molecular formula is C13H9ClF3N5. The lowest BCUT2D eigenvalue weighted by molar-refractivity contribution is -0.137. The summed E-state index contributed by atoms with van der Waals surface area (Å²) in [7, 11) is 0. The van der Waals surface area contributed by atoms with E-state index in [4.69, 9.17) is 11.6 Å². The molecule has 2 N–H and O–H groups in total. The van der Waals surface area contributed by atoms with Crippen LogP contribution in [0.15, 0.2) is 30.6 Å². The van der Waals surface area contributed by atoms with Gasteiger partial charge in [-0.05, 0) is 29.3 Å². The summed E-state index contributed by atoms with van der Waals surface area (Å²) in [5.74, 6) is 0.437. The number of rotatable bonds is 3. The molecule has 1 aromatic carbocycles. The quantitative estimate of drug-likeness (QED) is 0.721. The molecule has 22 heavy (non-hydrogen) atoms. The minimum atomic E-state index is -4.34. The molecule has 0 atom stereocenters. The molecule has 0 aliphatic rings. The smallest absolute Gasteiger partial charge is 0.364 e. The van der Waals surface area contributed by atoms with Gasteiger partial charge in [-0.15, -0.1) is 0 Å². The minimum absolute atomic E-state index is 0.0366. The fraction of sp³-hybridized carbons (Fsp3) is 0.154. The highest BCUT2D eigenvalue weighted by Gasteiger charge is 2.29. The largest absolute Gasteiger partial charge is 0.416 e. The van der Waals surface area contributed by atoms with Gasteiger partial charge in [0.2, 0.25) is 5.28 Å². The van der Waals surface area contributed by atoms with Crippen molar-refractivity contribution in [2.75, 3.05) is 5.32 Å². The molecule has 0 aliphatic carbocycles.